The number of hydrogen-bond acceptors (Lipinski definition) is 2. The molecule has 4 atom stereocenters. The molecule has 7 heteroatoms. The normalized spacial score (nSPS) is 31.3. The van der Waals surface area contributed by atoms with Crippen LogP contribution in [0.15, 0.2) is 24.3 Å². The Morgan fingerprint density at radius 3 is 2.36 bits per heavy atom. The quantitative estimate of drug-likeness (QED) is 0.165. The number of fused-ring (bicyclic) bond motifs is 1. The molecule has 0 N–H and O–H groups in total. The van der Waals surface area contributed by atoms with Gasteiger partial charge in [0, 0.05) is 0 Å². The van der Waals surface area contributed by atoms with Gasteiger partial charge in [0.15, 0.2) is 11.6 Å². The van der Waals surface area contributed by atoms with Crippen molar-refractivity contribution in [2.24, 2.45) is 35.5 Å². The molecule has 0 spiro atoms. The first-order valence-electron chi connectivity index (χ1n) is 13.6. The molecule has 3 aliphatic rings. The van der Waals surface area contributed by atoms with E-state index in [0.29, 0.717) is 30.4 Å². The van der Waals surface area contributed by atoms with Crippen molar-refractivity contribution in [2.45, 2.75) is 90.1 Å². The van der Waals surface area contributed by atoms with Gasteiger partial charge in [-0.2, -0.15) is 17.6 Å². The number of benzene rings is 1. The van der Waals surface area contributed by atoms with Gasteiger partial charge >= 0.3 is 12.1 Å². The maximum absolute atomic E-state index is 14.3. The topological polar surface area (TPSA) is 26.3 Å². The number of alkyl halides is 3. The fourth-order valence-corrected chi connectivity index (χ4v) is 7.18. The number of ether oxygens (including phenoxy) is 1. The summed E-state index contributed by atoms with van der Waals surface area (Å²) in [6.07, 6.45) is 12.6. The van der Waals surface area contributed by atoms with Crippen LogP contribution in [0, 0.1) is 47.1 Å². The van der Waals surface area contributed by atoms with E-state index < -0.39 is 41.0 Å². The summed E-state index contributed by atoms with van der Waals surface area (Å²) in [6, 6.07) is 1.12. The van der Waals surface area contributed by atoms with E-state index in [4.69, 9.17) is 4.74 Å². The number of carbonyl (C=O) groups is 1. The first kappa shape index (κ1) is 27.1. The fraction of sp³-hybridized carbons (Fsp3) is 0.690. The standard InChI is InChI=1S/C29H37F5O2/c1-2-3-4-6-18-9-11-19(12-10-18)20-13-14-22-21(17-20)7-5-8-23(22)28(35)36-25-16-15-24(29(32,33)34)26(30)27(25)31/h2-3,15-16,18-23H,4-14,17H2,1H3/b3-2+. The predicted molar refractivity (Wildman–Crippen MR) is 128 cm³/mol. The molecule has 1 aromatic carbocycles. The third-order valence-electron chi connectivity index (χ3n) is 9.09. The molecule has 1 aromatic rings. The molecule has 0 amide bonds. The third kappa shape index (κ3) is 6.13. The van der Waals surface area contributed by atoms with Gasteiger partial charge in [0.1, 0.15) is 0 Å². The maximum atomic E-state index is 14.3. The zero-order valence-electron chi connectivity index (χ0n) is 21.0. The smallest absolute Gasteiger partial charge is 0.419 e. The Morgan fingerprint density at radius 1 is 0.944 bits per heavy atom. The molecule has 4 unspecified atom stereocenters. The average Bonchev–Trinajstić information content (AvgIpc) is 2.86. The zero-order valence-corrected chi connectivity index (χ0v) is 21.0. The summed E-state index contributed by atoms with van der Waals surface area (Å²) in [5.41, 5.74) is -1.71. The molecule has 2 nitrogen and oxygen atoms in total. The Morgan fingerprint density at radius 2 is 1.67 bits per heavy atom. The van der Waals surface area contributed by atoms with E-state index in [0.717, 1.165) is 43.9 Å². The highest BCUT2D eigenvalue weighted by atomic mass is 19.4. The number of hydrogen-bond donors (Lipinski definition) is 0. The van der Waals surface area contributed by atoms with Gasteiger partial charge in [-0.1, -0.05) is 37.8 Å². The molecule has 0 radical (unpaired) electrons. The Hall–Kier alpha value is -1.92. The van der Waals surface area contributed by atoms with E-state index >= 15 is 0 Å². The van der Waals surface area contributed by atoms with Gasteiger partial charge in [-0.3, -0.25) is 4.79 Å². The summed E-state index contributed by atoms with van der Waals surface area (Å²) >= 11 is 0. The van der Waals surface area contributed by atoms with Gasteiger partial charge in [0.2, 0.25) is 5.82 Å². The highest BCUT2D eigenvalue weighted by Gasteiger charge is 2.44. The summed E-state index contributed by atoms with van der Waals surface area (Å²) in [6.45, 7) is 2.07. The maximum Gasteiger partial charge on any atom is 0.419 e. The molecule has 0 aliphatic heterocycles. The van der Waals surface area contributed by atoms with Crippen molar-refractivity contribution < 1.29 is 31.5 Å². The van der Waals surface area contributed by atoms with Crippen LogP contribution in [0.2, 0.25) is 0 Å². The fourth-order valence-electron chi connectivity index (χ4n) is 7.18. The van der Waals surface area contributed by atoms with Crippen LogP contribution in [0.3, 0.4) is 0 Å². The molecule has 36 heavy (non-hydrogen) atoms. The summed E-state index contributed by atoms with van der Waals surface area (Å²) in [7, 11) is 0. The molecule has 200 valence electrons. The molecule has 4 rings (SSSR count). The Bertz CT molecular complexity index is 932. The van der Waals surface area contributed by atoms with Crippen molar-refractivity contribution in [3.8, 4) is 5.75 Å². The summed E-state index contributed by atoms with van der Waals surface area (Å²) in [4.78, 5) is 13.0. The molecule has 0 heterocycles. The van der Waals surface area contributed by atoms with Crippen LogP contribution < -0.4 is 4.74 Å². The molecular weight excluding hydrogens is 475 g/mol. The van der Waals surface area contributed by atoms with Crippen LogP contribution in [0.5, 0.6) is 5.75 Å². The van der Waals surface area contributed by atoms with Gasteiger partial charge in [0.25, 0.3) is 0 Å². The summed E-state index contributed by atoms with van der Waals surface area (Å²) in [5, 5.41) is 0. The lowest BCUT2D eigenvalue weighted by Crippen LogP contribution is -2.40. The number of esters is 1. The van der Waals surface area contributed by atoms with E-state index in [1.807, 2.05) is 0 Å². The van der Waals surface area contributed by atoms with Crippen molar-refractivity contribution in [3.05, 3.63) is 41.5 Å². The van der Waals surface area contributed by atoms with Gasteiger partial charge in [0.05, 0.1) is 11.5 Å². The predicted octanol–water partition coefficient (Wildman–Crippen LogP) is 8.88. The highest BCUT2D eigenvalue weighted by Crippen LogP contribution is 2.50. The second-order valence-corrected chi connectivity index (χ2v) is 11.1. The van der Waals surface area contributed by atoms with E-state index in [1.165, 1.54) is 38.5 Å². The largest absolute Gasteiger partial charge is 0.423 e. The summed E-state index contributed by atoms with van der Waals surface area (Å²) in [5.74, 6) is -2.83. The number of halogens is 5. The van der Waals surface area contributed by atoms with E-state index in [2.05, 4.69) is 19.1 Å². The van der Waals surface area contributed by atoms with Crippen LogP contribution in [-0.4, -0.2) is 5.97 Å². The van der Waals surface area contributed by atoms with Gasteiger partial charge in [-0.25, -0.2) is 4.39 Å². The Labute approximate surface area is 210 Å². The van der Waals surface area contributed by atoms with Crippen LogP contribution in [-0.2, 0) is 11.0 Å². The number of allylic oxidation sites excluding steroid dienone is 2. The van der Waals surface area contributed by atoms with Crippen molar-refractivity contribution in [1.29, 1.82) is 0 Å². The van der Waals surface area contributed by atoms with E-state index in [9.17, 15) is 26.7 Å². The van der Waals surface area contributed by atoms with E-state index in [-0.39, 0.29) is 5.92 Å². The molecule has 0 aromatic heterocycles. The Kier molecular flexibility index (Phi) is 8.77. The molecule has 3 aliphatic carbocycles. The minimum absolute atomic E-state index is 0.141. The monoisotopic (exact) mass is 512 g/mol. The van der Waals surface area contributed by atoms with E-state index in [1.54, 1.807) is 0 Å². The van der Waals surface area contributed by atoms with Crippen molar-refractivity contribution in [3.63, 3.8) is 0 Å². The van der Waals surface area contributed by atoms with Gasteiger partial charge in [-0.15, -0.1) is 0 Å². The third-order valence-corrected chi connectivity index (χ3v) is 9.09. The lowest BCUT2D eigenvalue weighted by molar-refractivity contribution is -0.144. The zero-order chi connectivity index (χ0) is 25.9. The van der Waals surface area contributed by atoms with Crippen molar-refractivity contribution in [1.82, 2.24) is 0 Å². The van der Waals surface area contributed by atoms with Crippen LogP contribution in [0.4, 0.5) is 22.0 Å². The SMILES string of the molecule is C/C=C/CCC1CCC(C2CCC3C(CCCC3C(=O)Oc3ccc(C(F)(F)F)c(F)c3F)C2)CC1. The van der Waals surface area contributed by atoms with Crippen molar-refractivity contribution in [2.75, 3.05) is 0 Å². The number of carbonyl (C=O) groups excluding carboxylic acids is 1. The first-order chi connectivity index (χ1) is 17.2. The molecular formula is C29H37F5O2. The van der Waals surface area contributed by atoms with Gasteiger partial charge in [-0.05, 0) is 100 Å². The average molecular weight is 513 g/mol. The molecule has 3 fully saturated rings. The van der Waals surface area contributed by atoms with Crippen molar-refractivity contribution >= 4 is 5.97 Å². The molecule has 0 saturated heterocycles. The lowest BCUT2D eigenvalue weighted by atomic mass is 9.59. The highest BCUT2D eigenvalue weighted by molar-refractivity contribution is 5.75. The van der Waals surface area contributed by atoms with Crippen LogP contribution in [0.25, 0.3) is 0 Å². The van der Waals surface area contributed by atoms with Crippen LogP contribution >= 0.6 is 0 Å². The van der Waals surface area contributed by atoms with Crippen LogP contribution in [0.1, 0.15) is 89.5 Å². The second kappa shape index (κ2) is 11.6. The molecule has 0 bridgehead atoms. The lowest BCUT2D eigenvalue weighted by Gasteiger charge is -2.46. The first-order valence-corrected chi connectivity index (χ1v) is 13.6. The minimum atomic E-state index is -5.02. The second-order valence-electron chi connectivity index (χ2n) is 11.1. The summed E-state index contributed by atoms with van der Waals surface area (Å²) < 4.78 is 71.9. The molecule has 3 saturated carbocycles. The van der Waals surface area contributed by atoms with Gasteiger partial charge < -0.3 is 4.74 Å². The number of rotatable bonds is 6. The minimum Gasteiger partial charge on any atom is -0.423 e. The Balaban J connectivity index is 1.33.